The maximum Gasteiger partial charge on any atom is 0.339 e. The van der Waals surface area contributed by atoms with E-state index in [-0.39, 0.29) is 25.3 Å². The summed E-state index contributed by atoms with van der Waals surface area (Å²) in [6.07, 6.45) is 0.846. The van der Waals surface area contributed by atoms with Gasteiger partial charge in [-0.05, 0) is 38.0 Å². The molecule has 0 aliphatic rings. The SMILES string of the molecule is CCOP(=O)(Cc1nc2cc(CCC(=O)OC)ccc2o1)OCC. The molecule has 132 valence electrons. The summed E-state index contributed by atoms with van der Waals surface area (Å²) in [6, 6.07) is 5.49. The number of esters is 1. The fourth-order valence-electron chi connectivity index (χ4n) is 2.28. The average Bonchev–Trinajstić information content (AvgIpc) is 2.93. The Morgan fingerprint density at radius 3 is 2.58 bits per heavy atom. The van der Waals surface area contributed by atoms with Crippen molar-refractivity contribution in [2.75, 3.05) is 20.3 Å². The van der Waals surface area contributed by atoms with Crippen LogP contribution < -0.4 is 0 Å². The maximum atomic E-state index is 12.5. The molecule has 0 spiro atoms. The van der Waals surface area contributed by atoms with Gasteiger partial charge in [-0.25, -0.2) is 4.98 Å². The van der Waals surface area contributed by atoms with E-state index in [0.29, 0.717) is 29.8 Å². The van der Waals surface area contributed by atoms with Crippen molar-refractivity contribution in [3.05, 3.63) is 29.7 Å². The summed E-state index contributed by atoms with van der Waals surface area (Å²) in [5.41, 5.74) is 2.18. The van der Waals surface area contributed by atoms with Crippen LogP contribution in [-0.4, -0.2) is 31.3 Å². The van der Waals surface area contributed by atoms with E-state index >= 15 is 0 Å². The van der Waals surface area contributed by atoms with E-state index in [2.05, 4.69) is 9.72 Å². The van der Waals surface area contributed by atoms with E-state index < -0.39 is 7.60 Å². The van der Waals surface area contributed by atoms with Crippen LogP contribution in [0.2, 0.25) is 0 Å². The van der Waals surface area contributed by atoms with Crippen molar-refractivity contribution in [2.45, 2.75) is 32.9 Å². The summed E-state index contributed by atoms with van der Waals surface area (Å²) in [5, 5.41) is 0. The van der Waals surface area contributed by atoms with Gasteiger partial charge in [0.1, 0.15) is 11.7 Å². The number of aromatic nitrogens is 1. The molecule has 1 aromatic carbocycles. The van der Waals surface area contributed by atoms with Gasteiger partial charge in [0.2, 0.25) is 5.89 Å². The first-order valence-electron chi connectivity index (χ1n) is 7.83. The van der Waals surface area contributed by atoms with E-state index in [1.807, 2.05) is 12.1 Å². The van der Waals surface area contributed by atoms with Gasteiger partial charge in [0.05, 0.1) is 20.3 Å². The number of aryl methyl sites for hydroxylation is 1. The van der Waals surface area contributed by atoms with Gasteiger partial charge in [-0.2, -0.15) is 0 Å². The summed E-state index contributed by atoms with van der Waals surface area (Å²) in [7, 11) is -1.89. The average molecular weight is 355 g/mol. The van der Waals surface area contributed by atoms with Crippen LogP contribution >= 0.6 is 7.60 Å². The second-order valence-electron chi connectivity index (χ2n) is 5.09. The summed E-state index contributed by atoms with van der Waals surface area (Å²) in [6.45, 7) is 4.08. The van der Waals surface area contributed by atoms with Gasteiger partial charge < -0.3 is 18.2 Å². The first kappa shape index (κ1) is 18.6. The van der Waals surface area contributed by atoms with Crippen LogP contribution in [-0.2, 0) is 35.7 Å². The smallest absolute Gasteiger partial charge is 0.339 e. The summed E-state index contributed by atoms with van der Waals surface area (Å²) >= 11 is 0. The zero-order valence-electron chi connectivity index (χ0n) is 14.1. The molecule has 0 fully saturated rings. The minimum absolute atomic E-state index is 0.0130. The van der Waals surface area contributed by atoms with Crippen molar-refractivity contribution in [1.29, 1.82) is 0 Å². The molecule has 0 aliphatic carbocycles. The van der Waals surface area contributed by atoms with E-state index in [0.717, 1.165) is 5.56 Å². The third kappa shape index (κ3) is 4.90. The van der Waals surface area contributed by atoms with Crippen LogP contribution in [0.3, 0.4) is 0 Å². The first-order chi connectivity index (χ1) is 11.5. The number of nitrogens with zero attached hydrogens (tertiary/aromatic N) is 1. The predicted octanol–water partition coefficient (Wildman–Crippen LogP) is 3.70. The van der Waals surface area contributed by atoms with Crippen LogP contribution in [0.25, 0.3) is 11.1 Å². The Morgan fingerprint density at radius 2 is 1.96 bits per heavy atom. The van der Waals surface area contributed by atoms with Gasteiger partial charge in [-0.3, -0.25) is 9.36 Å². The fourth-order valence-corrected chi connectivity index (χ4v) is 3.79. The third-order valence-electron chi connectivity index (χ3n) is 3.32. The third-order valence-corrected chi connectivity index (χ3v) is 5.28. The summed E-state index contributed by atoms with van der Waals surface area (Å²) < 4.78 is 33.3. The van der Waals surface area contributed by atoms with Crippen molar-refractivity contribution in [1.82, 2.24) is 4.98 Å². The minimum Gasteiger partial charge on any atom is -0.469 e. The maximum absolute atomic E-state index is 12.5. The van der Waals surface area contributed by atoms with E-state index in [1.54, 1.807) is 19.9 Å². The number of rotatable bonds is 9. The first-order valence-corrected chi connectivity index (χ1v) is 9.55. The van der Waals surface area contributed by atoms with Crippen molar-refractivity contribution in [3.63, 3.8) is 0 Å². The molecule has 0 radical (unpaired) electrons. The van der Waals surface area contributed by atoms with E-state index in [4.69, 9.17) is 13.5 Å². The molecule has 1 heterocycles. The van der Waals surface area contributed by atoms with Gasteiger partial charge in [-0.15, -0.1) is 0 Å². The van der Waals surface area contributed by atoms with Crippen LogP contribution in [0, 0.1) is 0 Å². The topological polar surface area (TPSA) is 87.9 Å². The Morgan fingerprint density at radius 1 is 1.25 bits per heavy atom. The Kier molecular flexibility index (Phi) is 6.54. The summed E-state index contributed by atoms with van der Waals surface area (Å²) in [4.78, 5) is 15.6. The molecule has 1 aromatic heterocycles. The van der Waals surface area contributed by atoms with Crippen LogP contribution in [0.1, 0.15) is 31.7 Å². The number of ether oxygens (including phenoxy) is 1. The Hall–Kier alpha value is -1.69. The molecule has 0 unspecified atom stereocenters. The molecule has 0 saturated carbocycles. The summed E-state index contributed by atoms with van der Waals surface area (Å²) in [5.74, 6) is 0.0469. The van der Waals surface area contributed by atoms with Gasteiger partial charge in [0, 0.05) is 6.42 Å². The molecule has 2 aromatic rings. The molecule has 0 aliphatic heterocycles. The van der Waals surface area contributed by atoms with E-state index in [1.165, 1.54) is 7.11 Å². The normalized spacial score (nSPS) is 11.8. The zero-order chi connectivity index (χ0) is 17.6. The molecule has 8 heteroatoms. The number of carbonyl (C=O) groups is 1. The lowest BCUT2D eigenvalue weighted by atomic mass is 10.1. The number of hydrogen-bond acceptors (Lipinski definition) is 7. The van der Waals surface area contributed by atoms with Crippen molar-refractivity contribution in [3.8, 4) is 0 Å². The molecule has 0 bridgehead atoms. The lowest BCUT2D eigenvalue weighted by molar-refractivity contribution is -0.140. The molecule has 0 saturated heterocycles. The van der Waals surface area contributed by atoms with Crippen molar-refractivity contribution in [2.24, 2.45) is 0 Å². The zero-order valence-corrected chi connectivity index (χ0v) is 15.0. The van der Waals surface area contributed by atoms with Gasteiger partial charge in [0.15, 0.2) is 5.58 Å². The highest BCUT2D eigenvalue weighted by molar-refractivity contribution is 7.52. The highest BCUT2D eigenvalue weighted by Gasteiger charge is 2.27. The number of methoxy groups -OCH3 is 1. The second kappa shape index (κ2) is 8.42. The molecule has 0 atom stereocenters. The molecule has 7 nitrogen and oxygen atoms in total. The number of hydrogen-bond donors (Lipinski definition) is 0. The highest BCUT2D eigenvalue weighted by Crippen LogP contribution is 2.51. The number of fused-ring (bicyclic) bond motifs is 1. The van der Waals surface area contributed by atoms with Crippen molar-refractivity contribution < 1.29 is 27.6 Å². The highest BCUT2D eigenvalue weighted by atomic mass is 31.2. The Balaban J connectivity index is 2.15. The second-order valence-corrected chi connectivity index (χ2v) is 7.14. The quantitative estimate of drug-likeness (QED) is 0.500. The van der Waals surface area contributed by atoms with Gasteiger partial charge in [-0.1, -0.05) is 6.07 Å². The lowest BCUT2D eigenvalue weighted by Crippen LogP contribution is -2.01. The Bertz CT molecular complexity index is 731. The number of carbonyl (C=O) groups excluding carboxylic acids is 1. The largest absolute Gasteiger partial charge is 0.469 e. The molecular weight excluding hydrogens is 333 g/mol. The van der Waals surface area contributed by atoms with Crippen LogP contribution in [0.5, 0.6) is 0 Å². The molecular formula is C16H22NO6P. The standard InChI is InChI=1S/C16H22NO6P/c1-4-21-24(19,22-5-2)11-15-17-13-10-12(6-8-14(13)23-15)7-9-16(18)20-3/h6,8,10H,4-5,7,9,11H2,1-3H3. The molecule has 2 rings (SSSR count). The lowest BCUT2D eigenvalue weighted by Gasteiger charge is -2.14. The fraction of sp³-hybridized carbons (Fsp3) is 0.500. The number of oxazole rings is 1. The molecule has 0 N–H and O–H groups in total. The monoisotopic (exact) mass is 355 g/mol. The van der Waals surface area contributed by atoms with Crippen molar-refractivity contribution >= 4 is 24.7 Å². The predicted molar refractivity (Wildman–Crippen MR) is 88.9 cm³/mol. The minimum atomic E-state index is -3.26. The Labute approximate surface area is 140 Å². The molecule has 24 heavy (non-hydrogen) atoms. The van der Waals surface area contributed by atoms with Gasteiger partial charge >= 0.3 is 13.6 Å². The van der Waals surface area contributed by atoms with E-state index in [9.17, 15) is 9.36 Å². The van der Waals surface area contributed by atoms with Crippen LogP contribution in [0.15, 0.2) is 22.6 Å². The van der Waals surface area contributed by atoms with Crippen LogP contribution in [0.4, 0.5) is 0 Å². The molecule has 0 amide bonds. The van der Waals surface area contributed by atoms with Gasteiger partial charge in [0.25, 0.3) is 0 Å². The number of benzene rings is 1.